The van der Waals surface area contributed by atoms with E-state index in [1.54, 1.807) is 0 Å². The predicted octanol–water partition coefficient (Wildman–Crippen LogP) is 4.68. The lowest BCUT2D eigenvalue weighted by molar-refractivity contribution is -0.110. The van der Waals surface area contributed by atoms with Crippen LogP contribution in [0.5, 0.6) is 0 Å². The molecule has 0 aliphatic carbocycles. The minimum atomic E-state index is -0.238. The number of aryl methyl sites for hydroxylation is 2. The molecule has 0 aromatic heterocycles. The third kappa shape index (κ3) is 12.6. The van der Waals surface area contributed by atoms with E-state index in [0.29, 0.717) is 26.2 Å². The van der Waals surface area contributed by atoms with Gasteiger partial charge in [-0.2, -0.15) is 0 Å². The third-order valence-electron chi connectivity index (χ3n) is 5.33. The van der Waals surface area contributed by atoms with Crippen LogP contribution in [0.25, 0.3) is 0 Å². The Balaban J connectivity index is 1.53. The van der Waals surface area contributed by atoms with Crippen LogP contribution >= 0.6 is 0 Å². The lowest BCUT2D eigenvalue weighted by atomic mass is 10.1. The molecule has 0 spiro atoms. The number of aliphatic imine (C=N–C) groups is 2. The fourth-order valence-corrected chi connectivity index (χ4v) is 3.33. The normalized spacial score (nSPS) is 11.3. The smallest absolute Gasteiger partial charge is 0.266 e. The predicted molar refractivity (Wildman–Crippen MR) is 147 cm³/mol. The van der Waals surface area contributed by atoms with E-state index in [0.717, 1.165) is 24.2 Å². The zero-order chi connectivity index (χ0) is 25.1. The van der Waals surface area contributed by atoms with E-state index in [2.05, 4.69) is 39.8 Å². The van der Waals surface area contributed by atoms with Crippen LogP contribution in [-0.2, 0) is 22.4 Å². The maximum absolute atomic E-state index is 12.0. The Kier molecular flexibility index (Phi) is 13.7. The minimum Gasteiger partial charge on any atom is -0.321 e. The highest BCUT2D eigenvalue weighted by molar-refractivity contribution is 6.32. The number of benzene rings is 2. The first kappa shape index (κ1) is 27.9. The van der Waals surface area contributed by atoms with Crippen LogP contribution in [-0.4, -0.2) is 50.4 Å². The molecule has 188 valence electrons. The van der Waals surface area contributed by atoms with Crippen molar-refractivity contribution in [2.75, 3.05) is 36.8 Å². The summed E-state index contributed by atoms with van der Waals surface area (Å²) in [4.78, 5) is 32.2. The molecule has 35 heavy (non-hydrogen) atoms. The fraction of sp³-hybridized carbons (Fsp3) is 0.429. The van der Waals surface area contributed by atoms with Crippen LogP contribution in [0, 0.1) is 0 Å². The van der Waals surface area contributed by atoms with Crippen LogP contribution in [0.3, 0.4) is 0 Å². The van der Waals surface area contributed by atoms with Crippen molar-refractivity contribution in [3.63, 3.8) is 0 Å². The van der Waals surface area contributed by atoms with Crippen molar-refractivity contribution in [3.8, 4) is 0 Å². The van der Waals surface area contributed by atoms with Crippen molar-refractivity contribution in [1.82, 2.24) is 5.32 Å². The zero-order valence-corrected chi connectivity index (χ0v) is 21.1. The van der Waals surface area contributed by atoms with Crippen molar-refractivity contribution in [2.24, 2.45) is 9.98 Å². The fourth-order valence-electron chi connectivity index (χ4n) is 3.33. The highest BCUT2D eigenvalue weighted by Gasteiger charge is 2.00. The van der Waals surface area contributed by atoms with E-state index >= 15 is 0 Å². The van der Waals surface area contributed by atoms with Gasteiger partial charge in [0.1, 0.15) is 0 Å². The first-order valence-electron chi connectivity index (χ1n) is 12.6. The second-order valence-corrected chi connectivity index (χ2v) is 8.40. The number of hydrogen-bond donors (Lipinski definition) is 3. The SMILES string of the molecule is CCCCc1ccc(NC(=O)C=NCCNCCN=CC(=O)Nc2ccc(CCCC)cc2)cc1. The number of carbonyl (C=O) groups is 2. The molecular weight excluding hydrogens is 438 g/mol. The van der Waals surface area contributed by atoms with Crippen LogP contribution in [0.1, 0.15) is 50.7 Å². The van der Waals surface area contributed by atoms with Gasteiger partial charge in [0.15, 0.2) is 0 Å². The average Bonchev–Trinajstić information content (AvgIpc) is 2.87. The summed E-state index contributed by atoms with van der Waals surface area (Å²) in [6.07, 6.45) is 9.42. The quantitative estimate of drug-likeness (QED) is 0.242. The van der Waals surface area contributed by atoms with Crippen LogP contribution in [0.15, 0.2) is 58.5 Å². The Labute approximate surface area is 209 Å². The molecule has 2 amide bonds. The van der Waals surface area contributed by atoms with Crippen LogP contribution in [0.4, 0.5) is 11.4 Å². The van der Waals surface area contributed by atoms with Gasteiger partial charge in [-0.05, 0) is 61.1 Å². The number of unbranched alkanes of at least 4 members (excludes halogenated alkanes) is 2. The second kappa shape index (κ2) is 17.2. The third-order valence-corrected chi connectivity index (χ3v) is 5.33. The van der Waals surface area contributed by atoms with Crippen molar-refractivity contribution < 1.29 is 9.59 Å². The number of hydrogen-bond acceptors (Lipinski definition) is 5. The highest BCUT2D eigenvalue weighted by Crippen LogP contribution is 2.12. The number of anilines is 2. The molecule has 2 aromatic carbocycles. The molecule has 0 aliphatic rings. The lowest BCUT2D eigenvalue weighted by Crippen LogP contribution is -2.22. The van der Waals surface area contributed by atoms with Gasteiger partial charge in [-0.25, -0.2) is 0 Å². The van der Waals surface area contributed by atoms with Crippen molar-refractivity contribution in [2.45, 2.75) is 52.4 Å². The van der Waals surface area contributed by atoms with Crippen molar-refractivity contribution in [1.29, 1.82) is 0 Å². The molecule has 7 nitrogen and oxygen atoms in total. The maximum atomic E-state index is 12.0. The van der Waals surface area contributed by atoms with Gasteiger partial charge in [0.2, 0.25) is 0 Å². The van der Waals surface area contributed by atoms with Gasteiger partial charge in [0.25, 0.3) is 11.8 Å². The monoisotopic (exact) mass is 477 g/mol. The number of nitrogens with zero attached hydrogens (tertiary/aromatic N) is 2. The lowest BCUT2D eigenvalue weighted by Gasteiger charge is -2.04. The van der Waals surface area contributed by atoms with E-state index in [-0.39, 0.29) is 11.8 Å². The Morgan fingerprint density at radius 3 is 1.46 bits per heavy atom. The van der Waals surface area contributed by atoms with Gasteiger partial charge in [0.05, 0.1) is 25.5 Å². The summed E-state index contributed by atoms with van der Waals surface area (Å²) in [7, 11) is 0. The first-order valence-corrected chi connectivity index (χ1v) is 12.6. The number of amides is 2. The molecule has 0 atom stereocenters. The Hall–Kier alpha value is -3.32. The van der Waals surface area contributed by atoms with Crippen molar-refractivity contribution in [3.05, 3.63) is 59.7 Å². The summed E-state index contributed by atoms with van der Waals surface area (Å²) < 4.78 is 0. The molecule has 0 bridgehead atoms. The van der Waals surface area contributed by atoms with E-state index in [9.17, 15) is 9.59 Å². The van der Waals surface area contributed by atoms with Gasteiger partial charge in [-0.3, -0.25) is 19.6 Å². The molecular formula is C28H39N5O2. The number of nitrogens with one attached hydrogen (secondary N) is 3. The minimum absolute atomic E-state index is 0.238. The van der Waals surface area contributed by atoms with Gasteiger partial charge in [-0.15, -0.1) is 0 Å². The summed E-state index contributed by atoms with van der Waals surface area (Å²) in [6.45, 7) is 6.58. The number of rotatable bonds is 16. The standard InChI is InChI=1S/C28H39N5O2/c1-3-5-7-23-9-13-25(14-10-23)32-27(34)21-30-19-17-29-18-20-31-22-28(35)33-26-15-11-24(12-16-26)8-6-4-2/h9-16,21-22,29H,3-8,17-20H2,1-2H3,(H,32,34)(H,33,35). The Morgan fingerprint density at radius 1 is 0.686 bits per heavy atom. The molecule has 7 heteroatoms. The van der Waals surface area contributed by atoms with Gasteiger partial charge in [0, 0.05) is 24.5 Å². The van der Waals surface area contributed by atoms with Crippen LogP contribution in [0.2, 0.25) is 0 Å². The molecule has 0 heterocycles. The van der Waals surface area contributed by atoms with E-state index in [1.165, 1.54) is 49.2 Å². The number of carbonyl (C=O) groups excluding carboxylic acids is 2. The molecule has 2 rings (SSSR count). The van der Waals surface area contributed by atoms with E-state index in [4.69, 9.17) is 0 Å². The molecule has 2 aromatic rings. The largest absolute Gasteiger partial charge is 0.321 e. The second-order valence-electron chi connectivity index (χ2n) is 8.40. The molecule has 0 saturated carbocycles. The van der Waals surface area contributed by atoms with Gasteiger partial charge < -0.3 is 16.0 Å². The topological polar surface area (TPSA) is 94.9 Å². The Bertz CT molecular complexity index is 859. The molecule has 0 radical (unpaired) electrons. The first-order chi connectivity index (χ1) is 17.1. The van der Waals surface area contributed by atoms with Crippen molar-refractivity contribution >= 4 is 35.6 Å². The summed E-state index contributed by atoms with van der Waals surface area (Å²) in [5, 5.41) is 8.82. The molecule has 3 N–H and O–H groups in total. The molecule has 0 saturated heterocycles. The maximum Gasteiger partial charge on any atom is 0.266 e. The summed E-state index contributed by atoms with van der Waals surface area (Å²) in [5.74, 6) is -0.477. The molecule has 0 aliphatic heterocycles. The summed E-state index contributed by atoms with van der Waals surface area (Å²) >= 11 is 0. The summed E-state index contributed by atoms with van der Waals surface area (Å²) in [5.41, 5.74) is 4.10. The highest BCUT2D eigenvalue weighted by atomic mass is 16.2. The van der Waals surface area contributed by atoms with E-state index in [1.807, 2.05) is 48.5 Å². The molecule has 0 fully saturated rings. The summed E-state index contributed by atoms with van der Waals surface area (Å²) in [6, 6.07) is 15.9. The van der Waals surface area contributed by atoms with Gasteiger partial charge in [-0.1, -0.05) is 51.0 Å². The average molecular weight is 478 g/mol. The molecule has 0 unspecified atom stereocenters. The Morgan fingerprint density at radius 2 is 1.09 bits per heavy atom. The zero-order valence-electron chi connectivity index (χ0n) is 21.1. The van der Waals surface area contributed by atoms with E-state index < -0.39 is 0 Å². The van der Waals surface area contributed by atoms with Crippen LogP contribution < -0.4 is 16.0 Å². The van der Waals surface area contributed by atoms with Gasteiger partial charge >= 0.3 is 0 Å².